The third kappa shape index (κ3) is 3.71. The lowest BCUT2D eigenvalue weighted by Crippen LogP contribution is -2.05. The van der Waals surface area contributed by atoms with Crippen LogP contribution in [0.3, 0.4) is 0 Å². The van der Waals surface area contributed by atoms with Gasteiger partial charge in [0, 0.05) is 20.9 Å². The highest BCUT2D eigenvalue weighted by molar-refractivity contribution is 9.10. The van der Waals surface area contributed by atoms with E-state index in [1.807, 2.05) is 60.7 Å². The summed E-state index contributed by atoms with van der Waals surface area (Å²) in [5.41, 5.74) is 3.98. The maximum Gasteiger partial charge on any atom is 0.303 e. The second-order valence-electron chi connectivity index (χ2n) is 5.43. The molecule has 1 aromatic heterocycles. The number of hydrogen-bond acceptors (Lipinski definition) is 1. The van der Waals surface area contributed by atoms with E-state index in [0.29, 0.717) is 11.4 Å². The number of benzene rings is 2. The highest BCUT2D eigenvalue weighted by atomic mass is 79.9. The molecule has 3 rings (SSSR count). The third-order valence-corrected chi connectivity index (χ3v) is 4.51. The highest BCUT2D eigenvalue weighted by Crippen LogP contribution is 2.29. The molecule has 122 valence electrons. The number of rotatable bonds is 5. The Labute approximate surface area is 153 Å². The predicted molar refractivity (Wildman–Crippen MR) is 99.9 cm³/mol. The van der Waals surface area contributed by atoms with Crippen LogP contribution in [0.4, 0.5) is 0 Å². The van der Waals surface area contributed by atoms with Crippen molar-refractivity contribution in [3.63, 3.8) is 0 Å². The molecule has 2 aromatic carbocycles. The lowest BCUT2D eigenvalue weighted by Gasteiger charge is -2.14. The van der Waals surface area contributed by atoms with Crippen molar-refractivity contribution in [1.82, 2.24) is 4.57 Å². The lowest BCUT2D eigenvalue weighted by atomic mass is 10.1. The van der Waals surface area contributed by atoms with Gasteiger partial charge < -0.3 is 9.67 Å². The van der Waals surface area contributed by atoms with E-state index >= 15 is 0 Å². The van der Waals surface area contributed by atoms with Crippen molar-refractivity contribution in [3.8, 4) is 16.9 Å². The van der Waals surface area contributed by atoms with Gasteiger partial charge in [0.2, 0.25) is 0 Å². The molecule has 0 aliphatic heterocycles. The Morgan fingerprint density at radius 3 is 2.50 bits per heavy atom. The van der Waals surface area contributed by atoms with Crippen molar-refractivity contribution >= 4 is 33.5 Å². The summed E-state index contributed by atoms with van der Waals surface area (Å²) in [6.45, 7) is 0. The zero-order valence-electron chi connectivity index (χ0n) is 12.7. The van der Waals surface area contributed by atoms with Crippen LogP contribution in [0.2, 0.25) is 5.02 Å². The molecule has 1 heterocycles. The summed E-state index contributed by atoms with van der Waals surface area (Å²) in [5, 5.41) is 9.69. The van der Waals surface area contributed by atoms with E-state index < -0.39 is 5.97 Å². The average molecular weight is 405 g/mol. The second-order valence-corrected chi connectivity index (χ2v) is 6.78. The summed E-state index contributed by atoms with van der Waals surface area (Å²) >= 11 is 9.49. The SMILES string of the molecule is O=C(O)CCc1ccc(-c2ccc(Cl)cc2)n1-c1cccc(Br)c1. The van der Waals surface area contributed by atoms with Crippen LogP contribution < -0.4 is 0 Å². The topological polar surface area (TPSA) is 42.2 Å². The zero-order chi connectivity index (χ0) is 17.1. The van der Waals surface area contributed by atoms with E-state index in [-0.39, 0.29) is 6.42 Å². The van der Waals surface area contributed by atoms with Crippen molar-refractivity contribution in [2.45, 2.75) is 12.8 Å². The summed E-state index contributed by atoms with van der Waals surface area (Å²) in [6, 6.07) is 19.6. The summed E-state index contributed by atoms with van der Waals surface area (Å²) in [7, 11) is 0. The van der Waals surface area contributed by atoms with Gasteiger partial charge in [-0.05, 0) is 54.4 Å². The molecular formula is C19H15BrClNO2. The van der Waals surface area contributed by atoms with Crippen molar-refractivity contribution < 1.29 is 9.90 Å². The first-order valence-electron chi connectivity index (χ1n) is 7.49. The fourth-order valence-corrected chi connectivity index (χ4v) is 3.19. The number of aryl methyl sites for hydroxylation is 1. The van der Waals surface area contributed by atoms with Crippen molar-refractivity contribution in [3.05, 3.63) is 75.9 Å². The minimum atomic E-state index is -0.801. The molecule has 24 heavy (non-hydrogen) atoms. The molecule has 0 amide bonds. The highest BCUT2D eigenvalue weighted by Gasteiger charge is 2.13. The van der Waals surface area contributed by atoms with Gasteiger partial charge >= 0.3 is 5.97 Å². The third-order valence-electron chi connectivity index (χ3n) is 3.76. The minimum Gasteiger partial charge on any atom is -0.481 e. The Kier molecular flexibility index (Phi) is 5.07. The molecule has 0 aliphatic carbocycles. The van der Waals surface area contributed by atoms with Gasteiger partial charge in [-0.1, -0.05) is 45.7 Å². The summed E-state index contributed by atoms with van der Waals surface area (Å²) in [4.78, 5) is 11.0. The number of aliphatic carboxylic acids is 1. The second kappa shape index (κ2) is 7.24. The number of hydrogen-bond donors (Lipinski definition) is 1. The van der Waals surface area contributed by atoms with Gasteiger partial charge in [0.25, 0.3) is 0 Å². The molecule has 0 radical (unpaired) electrons. The Morgan fingerprint density at radius 1 is 1.08 bits per heavy atom. The fourth-order valence-electron chi connectivity index (χ4n) is 2.68. The number of carboxylic acid groups (broad SMARTS) is 1. The molecule has 0 saturated heterocycles. The molecule has 0 spiro atoms. The Balaban J connectivity index is 2.12. The molecule has 3 aromatic rings. The fraction of sp³-hybridized carbons (Fsp3) is 0.105. The molecule has 0 unspecified atom stereocenters. The van der Waals surface area contributed by atoms with E-state index in [4.69, 9.17) is 16.7 Å². The monoisotopic (exact) mass is 403 g/mol. The predicted octanol–water partition coefficient (Wildman–Crippen LogP) is 5.58. The van der Waals surface area contributed by atoms with E-state index in [9.17, 15) is 4.79 Å². The first-order chi connectivity index (χ1) is 11.5. The first-order valence-corrected chi connectivity index (χ1v) is 8.66. The van der Waals surface area contributed by atoms with Gasteiger partial charge in [0.05, 0.1) is 12.1 Å². The standard InChI is InChI=1S/C19H15BrClNO2/c20-14-2-1-3-17(12-14)22-16(9-11-19(23)24)8-10-18(22)13-4-6-15(21)7-5-13/h1-8,10,12H,9,11H2,(H,23,24). The van der Waals surface area contributed by atoms with Crippen LogP contribution in [0.1, 0.15) is 12.1 Å². The van der Waals surface area contributed by atoms with Crippen LogP contribution in [-0.2, 0) is 11.2 Å². The maximum absolute atomic E-state index is 11.0. The van der Waals surface area contributed by atoms with Crippen LogP contribution in [-0.4, -0.2) is 15.6 Å². The van der Waals surface area contributed by atoms with Gasteiger partial charge in [0.15, 0.2) is 0 Å². The van der Waals surface area contributed by atoms with E-state index in [0.717, 1.165) is 27.1 Å². The quantitative estimate of drug-likeness (QED) is 0.603. The largest absolute Gasteiger partial charge is 0.481 e. The van der Waals surface area contributed by atoms with E-state index in [2.05, 4.69) is 20.5 Å². The van der Waals surface area contributed by atoms with Crippen LogP contribution in [0.5, 0.6) is 0 Å². The van der Waals surface area contributed by atoms with Crippen LogP contribution in [0.15, 0.2) is 65.1 Å². The Hall–Kier alpha value is -2.04. The van der Waals surface area contributed by atoms with Gasteiger partial charge in [-0.15, -0.1) is 0 Å². The summed E-state index contributed by atoms with van der Waals surface area (Å²) in [6.07, 6.45) is 0.563. The Morgan fingerprint density at radius 2 is 1.83 bits per heavy atom. The van der Waals surface area contributed by atoms with Crippen LogP contribution in [0, 0.1) is 0 Å². The molecule has 0 saturated carbocycles. The van der Waals surface area contributed by atoms with Gasteiger partial charge in [-0.25, -0.2) is 0 Å². The summed E-state index contributed by atoms with van der Waals surface area (Å²) < 4.78 is 3.07. The molecule has 1 N–H and O–H groups in total. The number of aromatic nitrogens is 1. The average Bonchev–Trinajstić information content (AvgIpc) is 2.97. The van der Waals surface area contributed by atoms with Gasteiger partial charge in [-0.3, -0.25) is 4.79 Å². The van der Waals surface area contributed by atoms with E-state index in [1.54, 1.807) is 0 Å². The molecule has 0 fully saturated rings. The minimum absolute atomic E-state index is 0.0953. The maximum atomic E-state index is 11.0. The molecular weight excluding hydrogens is 390 g/mol. The number of halogens is 2. The number of nitrogens with zero attached hydrogens (tertiary/aromatic N) is 1. The number of carboxylic acids is 1. The zero-order valence-corrected chi connectivity index (χ0v) is 15.1. The van der Waals surface area contributed by atoms with Crippen molar-refractivity contribution in [1.29, 1.82) is 0 Å². The molecule has 0 bridgehead atoms. The van der Waals surface area contributed by atoms with E-state index in [1.165, 1.54) is 0 Å². The number of carbonyl (C=O) groups is 1. The van der Waals surface area contributed by atoms with Crippen LogP contribution in [0.25, 0.3) is 16.9 Å². The normalized spacial score (nSPS) is 10.8. The smallest absolute Gasteiger partial charge is 0.303 e. The summed E-state index contributed by atoms with van der Waals surface area (Å²) in [5.74, 6) is -0.801. The first kappa shape index (κ1) is 16.8. The van der Waals surface area contributed by atoms with Crippen LogP contribution >= 0.6 is 27.5 Å². The molecule has 3 nitrogen and oxygen atoms in total. The molecule has 0 atom stereocenters. The van der Waals surface area contributed by atoms with Gasteiger partial charge in [0.1, 0.15) is 0 Å². The van der Waals surface area contributed by atoms with Crippen molar-refractivity contribution in [2.75, 3.05) is 0 Å². The van der Waals surface area contributed by atoms with Crippen molar-refractivity contribution in [2.24, 2.45) is 0 Å². The Bertz CT molecular complexity index is 871. The van der Waals surface area contributed by atoms with Gasteiger partial charge in [-0.2, -0.15) is 0 Å². The lowest BCUT2D eigenvalue weighted by molar-refractivity contribution is -0.136. The molecule has 5 heteroatoms. The molecule has 0 aliphatic rings.